The Morgan fingerprint density at radius 3 is 2.65 bits per heavy atom. The Kier molecular flexibility index (Phi) is 6.25. The summed E-state index contributed by atoms with van der Waals surface area (Å²) >= 11 is 0. The molecule has 2 saturated heterocycles. The zero-order chi connectivity index (χ0) is 18.5. The first-order valence-electron chi connectivity index (χ1n) is 9.47. The minimum absolute atomic E-state index is 0.0954. The minimum Gasteiger partial charge on any atom is -0.381 e. The third-order valence-electron chi connectivity index (χ3n) is 5.32. The number of ether oxygens (including phenoxy) is 1. The van der Waals surface area contributed by atoms with Gasteiger partial charge in [-0.2, -0.15) is 0 Å². The molecule has 2 fully saturated rings. The van der Waals surface area contributed by atoms with E-state index in [2.05, 4.69) is 6.92 Å². The second-order valence-electron chi connectivity index (χ2n) is 7.37. The summed E-state index contributed by atoms with van der Waals surface area (Å²) in [6, 6.07) is 6.33. The molecular formula is C20H27FN2O3. The molecule has 2 amide bonds. The Morgan fingerprint density at radius 1 is 1.23 bits per heavy atom. The van der Waals surface area contributed by atoms with E-state index in [0.717, 1.165) is 12.8 Å². The fraction of sp³-hybridized carbons (Fsp3) is 0.600. The topological polar surface area (TPSA) is 49.9 Å². The third kappa shape index (κ3) is 4.41. The molecule has 2 aliphatic heterocycles. The van der Waals surface area contributed by atoms with Gasteiger partial charge in [0.15, 0.2) is 0 Å². The molecule has 0 bridgehead atoms. The number of hydrogen-bond acceptors (Lipinski definition) is 3. The first-order valence-corrected chi connectivity index (χ1v) is 9.47. The van der Waals surface area contributed by atoms with Crippen molar-refractivity contribution in [1.82, 2.24) is 9.80 Å². The van der Waals surface area contributed by atoms with Crippen LogP contribution in [0.25, 0.3) is 0 Å². The summed E-state index contributed by atoms with van der Waals surface area (Å²) in [5.41, 5.74) is 0.437. The van der Waals surface area contributed by atoms with Crippen molar-refractivity contribution < 1.29 is 18.7 Å². The number of halogens is 1. The highest BCUT2D eigenvalue weighted by molar-refractivity contribution is 6.35. The monoisotopic (exact) mass is 362 g/mol. The van der Waals surface area contributed by atoms with Gasteiger partial charge in [0.1, 0.15) is 5.82 Å². The van der Waals surface area contributed by atoms with Gasteiger partial charge in [0.2, 0.25) is 0 Å². The van der Waals surface area contributed by atoms with Crippen LogP contribution in [0.1, 0.15) is 38.2 Å². The van der Waals surface area contributed by atoms with E-state index >= 15 is 0 Å². The number of nitrogens with zero attached hydrogens (tertiary/aromatic N) is 2. The van der Waals surface area contributed by atoms with E-state index in [1.807, 2.05) is 0 Å². The van der Waals surface area contributed by atoms with Gasteiger partial charge in [0.05, 0.1) is 0 Å². The van der Waals surface area contributed by atoms with Crippen molar-refractivity contribution in [2.45, 2.75) is 45.2 Å². The molecule has 2 heterocycles. The highest BCUT2D eigenvalue weighted by atomic mass is 19.1. The molecule has 1 unspecified atom stereocenters. The van der Waals surface area contributed by atoms with E-state index in [1.54, 1.807) is 28.0 Å². The van der Waals surface area contributed by atoms with Gasteiger partial charge in [0.25, 0.3) is 0 Å². The number of amides is 2. The van der Waals surface area contributed by atoms with Crippen molar-refractivity contribution in [1.29, 1.82) is 0 Å². The van der Waals surface area contributed by atoms with Crippen molar-refractivity contribution in [2.24, 2.45) is 5.92 Å². The highest BCUT2D eigenvalue weighted by Crippen LogP contribution is 2.21. The Labute approximate surface area is 154 Å². The van der Waals surface area contributed by atoms with Crippen LogP contribution in [-0.2, 0) is 20.9 Å². The number of piperidine rings is 1. The van der Waals surface area contributed by atoms with Crippen LogP contribution < -0.4 is 0 Å². The highest BCUT2D eigenvalue weighted by Gasteiger charge is 2.34. The molecule has 0 saturated carbocycles. The third-order valence-corrected chi connectivity index (χ3v) is 5.32. The maximum atomic E-state index is 14.1. The van der Waals surface area contributed by atoms with E-state index in [1.165, 1.54) is 6.07 Å². The Bertz CT molecular complexity index is 646. The first kappa shape index (κ1) is 18.8. The molecule has 0 aliphatic carbocycles. The molecule has 0 N–H and O–H groups in total. The van der Waals surface area contributed by atoms with Crippen LogP contribution in [0, 0.1) is 11.7 Å². The summed E-state index contributed by atoms with van der Waals surface area (Å²) in [4.78, 5) is 29.1. The average Bonchev–Trinajstić information content (AvgIpc) is 2.67. The fourth-order valence-corrected chi connectivity index (χ4v) is 3.81. The average molecular weight is 362 g/mol. The lowest BCUT2D eigenvalue weighted by Crippen LogP contribution is -2.52. The zero-order valence-corrected chi connectivity index (χ0v) is 15.3. The minimum atomic E-state index is -0.519. The molecule has 1 aromatic rings. The van der Waals surface area contributed by atoms with Gasteiger partial charge in [0, 0.05) is 44.5 Å². The normalized spacial score (nSPS) is 21.5. The summed E-state index contributed by atoms with van der Waals surface area (Å²) in [6.07, 6.45) is 3.34. The predicted molar refractivity (Wildman–Crippen MR) is 95.8 cm³/mol. The van der Waals surface area contributed by atoms with Crippen LogP contribution in [0.4, 0.5) is 4.39 Å². The molecule has 0 radical (unpaired) electrons. The van der Waals surface area contributed by atoms with E-state index in [-0.39, 0.29) is 18.4 Å². The summed E-state index contributed by atoms with van der Waals surface area (Å²) in [7, 11) is 0. The summed E-state index contributed by atoms with van der Waals surface area (Å²) in [6.45, 7) is 4.56. The molecule has 26 heavy (non-hydrogen) atoms. The molecule has 3 rings (SSSR count). The number of benzene rings is 1. The van der Waals surface area contributed by atoms with Gasteiger partial charge >= 0.3 is 11.8 Å². The summed E-state index contributed by atoms with van der Waals surface area (Å²) < 4.78 is 19.5. The summed E-state index contributed by atoms with van der Waals surface area (Å²) in [5.74, 6) is -0.923. The van der Waals surface area contributed by atoms with Gasteiger partial charge in [-0.25, -0.2) is 4.39 Å². The lowest BCUT2D eigenvalue weighted by atomic mass is 10.00. The van der Waals surface area contributed by atoms with Crippen LogP contribution in [-0.4, -0.2) is 54.0 Å². The van der Waals surface area contributed by atoms with Crippen LogP contribution in [0.15, 0.2) is 24.3 Å². The van der Waals surface area contributed by atoms with Gasteiger partial charge in [-0.15, -0.1) is 0 Å². The van der Waals surface area contributed by atoms with Gasteiger partial charge in [-0.1, -0.05) is 25.1 Å². The zero-order valence-electron chi connectivity index (χ0n) is 15.3. The van der Waals surface area contributed by atoms with Gasteiger partial charge in [-0.05, 0) is 37.7 Å². The number of hydrogen-bond donors (Lipinski definition) is 0. The molecule has 6 heteroatoms. The van der Waals surface area contributed by atoms with Crippen LogP contribution in [0.2, 0.25) is 0 Å². The van der Waals surface area contributed by atoms with Gasteiger partial charge < -0.3 is 14.5 Å². The molecule has 0 spiro atoms. The molecule has 2 aliphatic rings. The predicted octanol–water partition coefficient (Wildman–Crippen LogP) is 2.59. The van der Waals surface area contributed by atoms with Crippen molar-refractivity contribution >= 4 is 11.8 Å². The van der Waals surface area contributed by atoms with Crippen molar-refractivity contribution in [3.8, 4) is 0 Å². The largest absolute Gasteiger partial charge is 0.381 e. The lowest BCUT2D eigenvalue weighted by molar-refractivity contribution is -0.155. The number of rotatable bonds is 3. The van der Waals surface area contributed by atoms with Crippen molar-refractivity contribution in [2.75, 3.05) is 26.3 Å². The van der Waals surface area contributed by atoms with Crippen LogP contribution >= 0.6 is 0 Å². The molecule has 0 aromatic heterocycles. The molecule has 1 aromatic carbocycles. The molecular weight excluding hydrogens is 335 g/mol. The molecule has 5 nitrogen and oxygen atoms in total. The maximum Gasteiger partial charge on any atom is 0.312 e. The summed E-state index contributed by atoms with van der Waals surface area (Å²) in [5, 5.41) is 0. The molecule has 142 valence electrons. The van der Waals surface area contributed by atoms with E-state index in [0.29, 0.717) is 50.6 Å². The smallest absolute Gasteiger partial charge is 0.312 e. The second-order valence-corrected chi connectivity index (χ2v) is 7.37. The standard InChI is InChI=1S/C20H27FN2O3/c1-15-5-4-10-22(13-15)19(24)20(25)23(17-8-11-26-12-9-17)14-16-6-2-3-7-18(16)21/h2-3,6-7,15,17H,4-5,8-14H2,1H3. The van der Waals surface area contributed by atoms with Gasteiger partial charge in [-0.3, -0.25) is 9.59 Å². The van der Waals surface area contributed by atoms with Crippen LogP contribution in [0.3, 0.4) is 0 Å². The Hall–Kier alpha value is -1.95. The van der Waals surface area contributed by atoms with Crippen molar-refractivity contribution in [3.05, 3.63) is 35.6 Å². The van der Waals surface area contributed by atoms with Crippen molar-refractivity contribution in [3.63, 3.8) is 0 Å². The maximum absolute atomic E-state index is 14.1. The first-order chi connectivity index (χ1) is 12.6. The number of carbonyl (C=O) groups is 2. The molecule has 1 atom stereocenters. The van der Waals surface area contributed by atoms with E-state index in [4.69, 9.17) is 4.74 Å². The lowest BCUT2D eigenvalue weighted by Gasteiger charge is -2.37. The van der Waals surface area contributed by atoms with E-state index in [9.17, 15) is 14.0 Å². The van der Waals surface area contributed by atoms with Crippen LogP contribution in [0.5, 0.6) is 0 Å². The number of carbonyl (C=O) groups excluding carboxylic acids is 2. The SMILES string of the molecule is CC1CCCN(C(=O)C(=O)N(Cc2ccccc2F)C2CCOCC2)C1. The quantitative estimate of drug-likeness (QED) is 0.777. The fourth-order valence-electron chi connectivity index (χ4n) is 3.81. The van der Waals surface area contributed by atoms with E-state index < -0.39 is 11.8 Å². The number of likely N-dealkylation sites (tertiary alicyclic amines) is 1. The Morgan fingerprint density at radius 2 is 1.96 bits per heavy atom. The Balaban J connectivity index is 1.78. The second kappa shape index (κ2) is 8.62.